The molecule has 0 saturated heterocycles. The van der Waals surface area contributed by atoms with Gasteiger partial charge < -0.3 is 16.2 Å². The lowest BCUT2D eigenvalue weighted by Gasteiger charge is -2.10. The smallest absolute Gasteiger partial charge is 0.404 e. The van der Waals surface area contributed by atoms with Crippen LogP contribution in [0.5, 0.6) is 5.75 Å². The Labute approximate surface area is 94.3 Å². The van der Waals surface area contributed by atoms with Crippen molar-refractivity contribution in [1.29, 1.82) is 0 Å². The lowest BCUT2D eigenvalue weighted by Crippen LogP contribution is -2.18. The molecule has 1 amide bonds. The van der Waals surface area contributed by atoms with Gasteiger partial charge in [-0.05, 0) is 18.2 Å². The molecule has 0 aliphatic rings. The highest BCUT2D eigenvalue weighted by atomic mass is 19.4. The average Bonchev–Trinajstić information content (AvgIpc) is 2.16. The molecular formula is C10H7F3N2O2. The number of carbonyl (C=O) groups excluding carboxylic acids is 1. The number of benzene rings is 1. The molecule has 1 aromatic rings. The van der Waals surface area contributed by atoms with E-state index < -0.39 is 18.0 Å². The molecule has 1 rings (SSSR count). The van der Waals surface area contributed by atoms with Crippen molar-refractivity contribution in [2.75, 3.05) is 5.73 Å². The molecule has 0 aromatic heterocycles. The molecule has 0 aliphatic carbocycles. The zero-order valence-electron chi connectivity index (χ0n) is 8.34. The van der Waals surface area contributed by atoms with Gasteiger partial charge in [-0.15, -0.1) is 13.2 Å². The maximum Gasteiger partial charge on any atom is 0.573 e. The predicted molar refractivity (Wildman–Crippen MR) is 53.6 cm³/mol. The first-order chi connectivity index (χ1) is 7.78. The van der Waals surface area contributed by atoms with E-state index in [0.29, 0.717) is 0 Å². The topological polar surface area (TPSA) is 78.3 Å². The van der Waals surface area contributed by atoms with Crippen molar-refractivity contribution in [2.45, 2.75) is 6.36 Å². The number of alkyl halides is 3. The minimum atomic E-state index is -4.85. The first-order valence-electron chi connectivity index (χ1n) is 4.24. The maximum absolute atomic E-state index is 12.0. The van der Waals surface area contributed by atoms with E-state index >= 15 is 0 Å². The van der Waals surface area contributed by atoms with E-state index in [1.54, 1.807) is 0 Å². The second kappa shape index (κ2) is 4.65. The van der Waals surface area contributed by atoms with Crippen molar-refractivity contribution in [3.63, 3.8) is 0 Å². The van der Waals surface area contributed by atoms with Crippen LogP contribution >= 0.6 is 0 Å². The van der Waals surface area contributed by atoms with Crippen LogP contribution in [0.1, 0.15) is 5.56 Å². The highest BCUT2D eigenvalue weighted by Gasteiger charge is 2.31. The summed E-state index contributed by atoms with van der Waals surface area (Å²) in [5.41, 5.74) is 10.1. The number of rotatable bonds is 1. The van der Waals surface area contributed by atoms with Gasteiger partial charge in [0, 0.05) is 11.6 Å². The van der Waals surface area contributed by atoms with Crippen molar-refractivity contribution in [2.24, 2.45) is 5.73 Å². The van der Waals surface area contributed by atoms with E-state index in [4.69, 9.17) is 11.5 Å². The van der Waals surface area contributed by atoms with Crippen LogP contribution in [0.4, 0.5) is 18.9 Å². The molecule has 90 valence electrons. The summed E-state index contributed by atoms with van der Waals surface area (Å²) >= 11 is 0. The fourth-order valence-corrected chi connectivity index (χ4v) is 0.988. The number of anilines is 1. The van der Waals surface area contributed by atoms with E-state index in [2.05, 4.69) is 10.7 Å². The summed E-state index contributed by atoms with van der Waals surface area (Å²) in [6.07, 6.45) is -4.85. The monoisotopic (exact) mass is 244 g/mol. The van der Waals surface area contributed by atoms with Crippen LogP contribution in [0.25, 0.3) is 0 Å². The molecule has 0 spiro atoms. The van der Waals surface area contributed by atoms with Gasteiger partial charge in [-0.1, -0.05) is 5.92 Å². The number of ether oxygens (including phenoxy) is 1. The van der Waals surface area contributed by atoms with Crippen LogP contribution in [0.3, 0.4) is 0 Å². The van der Waals surface area contributed by atoms with Crippen molar-refractivity contribution in [1.82, 2.24) is 0 Å². The molecule has 7 heteroatoms. The maximum atomic E-state index is 12.0. The van der Waals surface area contributed by atoms with E-state index in [1.165, 1.54) is 6.07 Å². The number of carbonyl (C=O) groups is 1. The molecule has 0 saturated carbocycles. The quantitative estimate of drug-likeness (QED) is 0.571. The van der Waals surface area contributed by atoms with Gasteiger partial charge in [0.2, 0.25) is 0 Å². The molecule has 0 aliphatic heterocycles. The number of primary amides is 1. The van der Waals surface area contributed by atoms with Gasteiger partial charge in [0.15, 0.2) is 0 Å². The summed E-state index contributed by atoms with van der Waals surface area (Å²) in [5.74, 6) is 2.54. The van der Waals surface area contributed by atoms with E-state index in [1.807, 2.05) is 5.92 Å². The molecular weight excluding hydrogens is 237 g/mol. The van der Waals surface area contributed by atoms with E-state index in [0.717, 1.165) is 12.1 Å². The molecule has 4 nitrogen and oxygen atoms in total. The van der Waals surface area contributed by atoms with Crippen molar-refractivity contribution in [3.05, 3.63) is 23.8 Å². The predicted octanol–water partition coefficient (Wildman–Crippen LogP) is 1.00. The summed E-state index contributed by atoms with van der Waals surface area (Å²) in [6.45, 7) is 0. The molecule has 4 N–H and O–H groups in total. The van der Waals surface area contributed by atoms with Crippen LogP contribution < -0.4 is 16.2 Å². The zero-order chi connectivity index (χ0) is 13.1. The Morgan fingerprint density at radius 2 is 2.00 bits per heavy atom. The van der Waals surface area contributed by atoms with Crippen LogP contribution in [-0.2, 0) is 4.79 Å². The fourth-order valence-electron chi connectivity index (χ4n) is 0.988. The SMILES string of the molecule is NC(=O)C#Cc1cc(N)ccc1OC(F)(F)F. The third kappa shape index (κ3) is 4.34. The lowest BCUT2D eigenvalue weighted by atomic mass is 10.2. The Balaban J connectivity index is 3.14. The Kier molecular flexibility index (Phi) is 3.48. The largest absolute Gasteiger partial charge is 0.573 e. The minimum absolute atomic E-state index is 0.166. The highest BCUT2D eigenvalue weighted by molar-refractivity contribution is 5.92. The first kappa shape index (κ1) is 12.7. The molecule has 0 heterocycles. The van der Waals surface area contributed by atoms with Crippen molar-refractivity contribution in [3.8, 4) is 17.6 Å². The number of hydrogen-bond donors (Lipinski definition) is 2. The van der Waals surface area contributed by atoms with Crippen LogP contribution in [0.2, 0.25) is 0 Å². The van der Waals surface area contributed by atoms with Gasteiger partial charge in [-0.2, -0.15) is 0 Å². The van der Waals surface area contributed by atoms with E-state index in [-0.39, 0.29) is 11.3 Å². The first-order valence-corrected chi connectivity index (χ1v) is 4.24. The Bertz CT molecular complexity index is 500. The third-order valence-corrected chi connectivity index (χ3v) is 1.55. The van der Waals surface area contributed by atoms with Gasteiger partial charge >= 0.3 is 6.36 Å². The summed E-state index contributed by atoms with van der Waals surface area (Å²) in [6, 6.07) is 3.38. The summed E-state index contributed by atoms with van der Waals surface area (Å²) in [4.78, 5) is 10.4. The average molecular weight is 244 g/mol. The standard InChI is InChI=1S/C10H7F3N2O2/c11-10(12,13)17-8-3-2-7(14)5-6(8)1-4-9(15)16/h2-3,5H,14H2,(H2,15,16). The number of hydrogen-bond acceptors (Lipinski definition) is 3. The number of amides is 1. The van der Waals surface area contributed by atoms with Crippen LogP contribution in [0.15, 0.2) is 18.2 Å². The summed E-state index contributed by atoms with van der Waals surface area (Å²) < 4.78 is 39.8. The van der Waals surface area contributed by atoms with Gasteiger partial charge in [-0.3, -0.25) is 4.79 Å². The molecule has 0 unspecified atom stereocenters. The van der Waals surface area contributed by atoms with Crippen molar-refractivity contribution >= 4 is 11.6 Å². The van der Waals surface area contributed by atoms with Gasteiger partial charge in [0.1, 0.15) is 5.75 Å². The van der Waals surface area contributed by atoms with Gasteiger partial charge in [0.25, 0.3) is 5.91 Å². The Hall–Kier alpha value is -2.36. The summed E-state index contributed by atoms with van der Waals surface area (Å²) in [7, 11) is 0. The van der Waals surface area contributed by atoms with Crippen molar-refractivity contribution < 1.29 is 22.7 Å². The third-order valence-electron chi connectivity index (χ3n) is 1.55. The molecule has 1 aromatic carbocycles. The minimum Gasteiger partial charge on any atom is -0.404 e. The number of nitrogens with two attached hydrogens (primary N) is 2. The fraction of sp³-hybridized carbons (Fsp3) is 0.100. The molecule has 0 atom stereocenters. The molecule has 0 radical (unpaired) electrons. The van der Waals surface area contributed by atoms with Crippen LogP contribution in [0, 0.1) is 11.8 Å². The Morgan fingerprint density at radius 3 is 2.53 bits per heavy atom. The Morgan fingerprint density at radius 1 is 1.35 bits per heavy atom. The normalized spacial score (nSPS) is 10.3. The number of nitrogen functional groups attached to an aromatic ring is 1. The van der Waals surface area contributed by atoms with Crippen LogP contribution in [-0.4, -0.2) is 12.3 Å². The second-order valence-corrected chi connectivity index (χ2v) is 2.92. The molecule has 0 bridgehead atoms. The molecule has 0 fully saturated rings. The van der Waals surface area contributed by atoms with Gasteiger partial charge in [0.05, 0.1) is 5.56 Å². The molecule has 17 heavy (non-hydrogen) atoms. The van der Waals surface area contributed by atoms with E-state index in [9.17, 15) is 18.0 Å². The second-order valence-electron chi connectivity index (χ2n) is 2.92. The highest BCUT2D eigenvalue weighted by Crippen LogP contribution is 2.27. The lowest BCUT2D eigenvalue weighted by molar-refractivity contribution is -0.274. The number of halogens is 3. The zero-order valence-corrected chi connectivity index (χ0v) is 8.34. The summed E-state index contributed by atoms with van der Waals surface area (Å²) in [5, 5.41) is 0. The van der Waals surface area contributed by atoms with Gasteiger partial charge in [-0.25, -0.2) is 0 Å².